The minimum atomic E-state index is -0.111. The van der Waals surface area contributed by atoms with Crippen molar-refractivity contribution < 1.29 is 4.74 Å². The lowest BCUT2D eigenvalue weighted by atomic mass is 9.99. The van der Waals surface area contributed by atoms with E-state index in [1.54, 1.807) is 7.11 Å². The molecule has 0 saturated heterocycles. The topological polar surface area (TPSA) is 65.1 Å². The van der Waals surface area contributed by atoms with Gasteiger partial charge in [0.1, 0.15) is 0 Å². The Morgan fingerprint density at radius 1 is 1.24 bits per heavy atom. The van der Waals surface area contributed by atoms with Gasteiger partial charge in [0.2, 0.25) is 0 Å². The first kappa shape index (κ1) is 15.7. The van der Waals surface area contributed by atoms with Crippen molar-refractivity contribution in [2.24, 2.45) is 5.84 Å². The van der Waals surface area contributed by atoms with Crippen molar-refractivity contribution in [1.82, 2.24) is 15.2 Å². The van der Waals surface area contributed by atoms with Crippen LogP contribution >= 0.6 is 0 Å². The summed E-state index contributed by atoms with van der Waals surface area (Å²) in [5.41, 5.74) is 4.97. The highest BCUT2D eigenvalue weighted by Crippen LogP contribution is 2.22. The number of ether oxygens (including phenoxy) is 1. The molecule has 3 N–H and O–H groups in total. The maximum atomic E-state index is 5.74. The van der Waals surface area contributed by atoms with Gasteiger partial charge in [0.05, 0.1) is 17.8 Å². The highest BCUT2D eigenvalue weighted by Gasteiger charge is 2.23. The maximum Gasteiger partial charge on any atom is 0.0991 e. The monoisotopic (exact) mass is 288 g/mol. The number of hydrogen-bond donors (Lipinski definition) is 2. The summed E-state index contributed by atoms with van der Waals surface area (Å²) in [5.74, 6) is 5.74. The van der Waals surface area contributed by atoms with E-state index in [0.717, 1.165) is 11.3 Å². The van der Waals surface area contributed by atoms with Gasteiger partial charge in [-0.2, -0.15) is 5.10 Å². The van der Waals surface area contributed by atoms with Crippen LogP contribution in [-0.2, 0) is 11.2 Å². The number of hydrogen-bond acceptors (Lipinski definition) is 4. The molecule has 5 nitrogen and oxygen atoms in total. The zero-order valence-corrected chi connectivity index (χ0v) is 12.9. The third kappa shape index (κ3) is 3.91. The smallest absolute Gasteiger partial charge is 0.0991 e. The molecule has 0 spiro atoms. The first-order valence-corrected chi connectivity index (χ1v) is 7.23. The van der Waals surface area contributed by atoms with Crippen molar-refractivity contribution in [3.8, 4) is 0 Å². The Morgan fingerprint density at radius 3 is 2.48 bits per heavy atom. The number of aromatic nitrogens is 2. The summed E-state index contributed by atoms with van der Waals surface area (Å²) in [6, 6.07) is 12.4. The van der Waals surface area contributed by atoms with Gasteiger partial charge in [0.25, 0.3) is 0 Å². The fraction of sp³-hybridized carbons (Fsp3) is 0.438. The zero-order valence-electron chi connectivity index (χ0n) is 12.9. The van der Waals surface area contributed by atoms with Gasteiger partial charge in [-0.25, -0.2) is 0 Å². The fourth-order valence-corrected chi connectivity index (χ4v) is 2.43. The molecule has 2 rings (SSSR count). The van der Waals surface area contributed by atoms with Crippen molar-refractivity contribution >= 4 is 0 Å². The molecule has 0 radical (unpaired) electrons. The lowest BCUT2D eigenvalue weighted by Gasteiger charge is -2.25. The summed E-state index contributed by atoms with van der Waals surface area (Å²) >= 11 is 0. The molecule has 0 amide bonds. The van der Waals surface area contributed by atoms with Crippen molar-refractivity contribution in [1.29, 1.82) is 0 Å². The van der Waals surface area contributed by atoms with Crippen LogP contribution in [0.1, 0.15) is 37.3 Å². The van der Waals surface area contributed by atoms with E-state index in [9.17, 15) is 0 Å². The third-order valence-corrected chi connectivity index (χ3v) is 3.58. The Hall–Kier alpha value is -1.69. The Bertz CT molecular complexity index is 538. The van der Waals surface area contributed by atoms with Gasteiger partial charge >= 0.3 is 0 Å². The zero-order chi connectivity index (χ0) is 15.2. The molecule has 114 valence electrons. The Kier molecular flexibility index (Phi) is 5.50. The fourth-order valence-electron chi connectivity index (χ4n) is 2.43. The van der Waals surface area contributed by atoms with Crippen LogP contribution < -0.4 is 11.3 Å². The van der Waals surface area contributed by atoms with Crippen molar-refractivity contribution in [2.45, 2.75) is 38.5 Å². The highest BCUT2D eigenvalue weighted by molar-refractivity contribution is 5.20. The summed E-state index contributed by atoms with van der Waals surface area (Å²) in [4.78, 5) is 0. The number of nitrogens with zero attached hydrogens (tertiary/aromatic N) is 2. The standard InChI is InChI=1S/C16H24N4O/c1-12(2)20-10-9-14(19-20)11-15(18-17)16(21-3)13-7-5-4-6-8-13/h4-10,12,15-16,18H,11,17H2,1-3H3. The van der Waals surface area contributed by atoms with Gasteiger partial charge in [-0.15, -0.1) is 0 Å². The first-order valence-electron chi connectivity index (χ1n) is 7.23. The van der Waals surface area contributed by atoms with Crippen LogP contribution in [0.25, 0.3) is 0 Å². The second kappa shape index (κ2) is 7.36. The molecule has 1 heterocycles. The van der Waals surface area contributed by atoms with E-state index in [1.807, 2.05) is 47.3 Å². The molecule has 0 saturated carbocycles. The lowest BCUT2D eigenvalue weighted by molar-refractivity contribution is 0.0675. The quantitative estimate of drug-likeness (QED) is 0.606. The Morgan fingerprint density at radius 2 is 1.95 bits per heavy atom. The van der Waals surface area contributed by atoms with E-state index in [-0.39, 0.29) is 12.1 Å². The predicted octanol–water partition coefficient (Wildman–Crippen LogP) is 2.23. The molecule has 1 aromatic heterocycles. The number of nitrogens with two attached hydrogens (primary N) is 1. The van der Waals surface area contributed by atoms with Crippen LogP contribution in [0.15, 0.2) is 42.6 Å². The van der Waals surface area contributed by atoms with Crippen LogP contribution in [0, 0.1) is 0 Å². The molecule has 2 aromatic rings. The highest BCUT2D eigenvalue weighted by atomic mass is 16.5. The number of methoxy groups -OCH3 is 1. The minimum Gasteiger partial charge on any atom is -0.375 e. The minimum absolute atomic E-state index is 0.0343. The van der Waals surface area contributed by atoms with E-state index in [1.165, 1.54) is 0 Å². The van der Waals surface area contributed by atoms with Crippen LogP contribution in [0.2, 0.25) is 0 Å². The summed E-state index contributed by atoms with van der Waals surface area (Å²) in [5, 5.41) is 4.57. The van der Waals surface area contributed by atoms with Crippen LogP contribution in [-0.4, -0.2) is 22.9 Å². The molecular weight excluding hydrogens is 264 g/mol. The second-order valence-electron chi connectivity index (χ2n) is 5.43. The van der Waals surface area contributed by atoms with Crippen LogP contribution in [0.5, 0.6) is 0 Å². The maximum absolute atomic E-state index is 5.74. The van der Waals surface area contributed by atoms with Gasteiger partial charge in [-0.1, -0.05) is 30.3 Å². The molecule has 21 heavy (non-hydrogen) atoms. The summed E-state index contributed by atoms with van der Waals surface area (Å²) in [6.07, 6.45) is 2.60. The SMILES string of the molecule is COC(c1ccccc1)C(Cc1ccn(C(C)C)n1)NN. The molecule has 0 aliphatic rings. The second-order valence-corrected chi connectivity index (χ2v) is 5.43. The summed E-state index contributed by atoms with van der Waals surface area (Å²) in [6.45, 7) is 4.22. The van der Waals surface area contributed by atoms with Gasteiger partial charge < -0.3 is 4.74 Å². The van der Waals surface area contributed by atoms with E-state index >= 15 is 0 Å². The number of nitrogens with one attached hydrogen (secondary N) is 1. The third-order valence-electron chi connectivity index (χ3n) is 3.58. The largest absolute Gasteiger partial charge is 0.375 e. The van der Waals surface area contributed by atoms with Gasteiger partial charge in [-0.3, -0.25) is 16.0 Å². The lowest BCUT2D eigenvalue weighted by Crippen LogP contribution is -2.42. The van der Waals surface area contributed by atoms with Crippen molar-refractivity contribution in [3.63, 3.8) is 0 Å². The molecule has 0 bridgehead atoms. The normalized spacial score (nSPS) is 14.3. The Labute approximate surface area is 126 Å². The summed E-state index contributed by atoms with van der Waals surface area (Å²) < 4.78 is 7.59. The first-order chi connectivity index (χ1) is 10.2. The van der Waals surface area contributed by atoms with Crippen molar-refractivity contribution in [3.05, 3.63) is 53.9 Å². The number of benzene rings is 1. The molecule has 0 fully saturated rings. The van der Waals surface area contributed by atoms with E-state index < -0.39 is 0 Å². The molecule has 5 heteroatoms. The van der Waals surface area contributed by atoms with E-state index in [4.69, 9.17) is 10.6 Å². The summed E-state index contributed by atoms with van der Waals surface area (Å²) in [7, 11) is 1.70. The average Bonchev–Trinajstić information content (AvgIpc) is 2.97. The van der Waals surface area contributed by atoms with Gasteiger partial charge in [-0.05, 0) is 25.5 Å². The number of rotatable bonds is 7. The molecular formula is C16H24N4O. The molecule has 0 aliphatic heterocycles. The molecule has 2 unspecified atom stereocenters. The van der Waals surface area contributed by atoms with Gasteiger partial charge in [0, 0.05) is 25.8 Å². The van der Waals surface area contributed by atoms with E-state index in [2.05, 4.69) is 24.4 Å². The Balaban J connectivity index is 2.13. The van der Waals surface area contributed by atoms with Crippen LogP contribution in [0.3, 0.4) is 0 Å². The van der Waals surface area contributed by atoms with Crippen LogP contribution in [0.4, 0.5) is 0 Å². The molecule has 0 aliphatic carbocycles. The average molecular weight is 288 g/mol. The molecule has 2 atom stereocenters. The molecule has 1 aromatic carbocycles. The predicted molar refractivity (Wildman–Crippen MR) is 83.6 cm³/mol. The van der Waals surface area contributed by atoms with E-state index in [0.29, 0.717) is 12.5 Å². The number of hydrazine groups is 1. The van der Waals surface area contributed by atoms with Gasteiger partial charge in [0.15, 0.2) is 0 Å². The van der Waals surface area contributed by atoms with Crippen molar-refractivity contribution in [2.75, 3.05) is 7.11 Å².